The van der Waals surface area contributed by atoms with Gasteiger partial charge in [-0.2, -0.15) is 0 Å². The quantitative estimate of drug-likeness (QED) is 0.529. The van der Waals surface area contributed by atoms with Crippen LogP contribution in [-0.4, -0.2) is 44.0 Å². The minimum absolute atomic E-state index is 0.729. The lowest BCUT2D eigenvalue weighted by Crippen LogP contribution is -2.35. The number of nitrogens with one attached hydrogen (secondary N) is 1. The van der Waals surface area contributed by atoms with E-state index in [4.69, 9.17) is 11.6 Å². The number of alkyl halides is 1. The third-order valence-corrected chi connectivity index (χ3v) is 2.73. The third kappa shape index (κ3) is 3.74. The Labute approximate surface area is 80.3 Å². The minimum atomic E-state index is 0.729. The highest BCUT2D eigenvalue weighted by Gasteiger charge is 2.15. The Bertz CT molecular complexity index is 111. The predicted molar refractivity (Wildman–Crippen MR) is 53.8 cm³/mol. The Morgan fingerprint density at radius 1 is 1.42 bits per heavy atom. The summed E-state index contributed by atoms with van der Waals surface area (Å²) in [6, 6.07) is 0. The van der Waals surface area contributed by atoms with Crippen molar-refractivity contribution < 1.29 is 0 Å². The molecule has 0 radical (unpaired) electrons. The number of nitrogens with zero attached hydrogens (tertiary/aromatic N) is 1. The van der Waals surface area contributed by atoms with Crippen LogP contribution in [0.4, 0.5) is 0 Å². The van der Waals surface area contributed by atoms with E-state index in [1.165, 1.54) is 25.9 Å². The van der Waals surface area contributed by atoms with E-state index >= 15 is 0 Å². The highest BCUT2D eigenvalue weighted by molar-refractivity contribution is 6.18. The Morgan fingerprint density at radius 3 is 2.67 bits per heavy atom. The predicted octanol–water partition coefficient (Wildman–Crippen LogP) is 1.16. The molecule has 1 N–H and O–H groups in total. The summed E-state index contributed by atoms with van der Waals surface area (Å²) in [4.78, 5) is 2.40. The van der Waals surface area contributed by atoms with E-state index in [2.05, 4.69) is 17.3 Å². The van der Waals surface area contributed by atoms with Crippen molar-refractivity contribution in [1.82, 2.24) is 10.2 Å². The van der Waals surface area contributed by atoms with Gasteiger partial charge >= 0.3 is 0 Å². The molecule has 1 aliphatic heterocycles. The molecule has 1 saturated heterocycles. The normalized spacial score (nSPS) is 21.5. The van der Waals surface area contributed by atoms with Gasteiger partial charge < -0.3 is 10.2 Å². The Morgan fingerprint density at radius 2 is 2.08 bits per heavy atom. The number of likely N-dealkylation sites (tertiary alicyclic amines) is 1. The zero-order valence-electron chi connectivity index (χ0n) is 7.85. The molecular formula is C9H19ClN2. The van der Waals surface area contributed by atoms with Crippen molar-refractivity contribution in [3.63, 3.8) is 0 Å². The van der Waals surface area contributed by atoms with E-state index in [0.717, 1.165) is 24.9 Å². The zero-order chi connectivity index (χ0) is 8.81. The van der Waals surface area contributed by atoms with Crippen LogP contribution in [0.1, 0.15) is 12.8 Å². The molecule has 72 valence electrons. The number of hydrogen-bond donors (Lipinski definition) is 1. The summed E-state index contributed by atoms with van der Waals surface area (Å²) < 4.78 is 0. The van der Waals surface area contributed by atoms with Crippen molar-refractivity contribution in [1.29, 1.82) is 0 Å². The van der Waals surface area contributed by atoms with Gasteiger partial charge in [-0.1, -0.05) is 0 Å². The van der Waals surface area contributed by atoms with Gasteiger partial charge in [-0.15, -0.1) is 11.6 Å². The molecule has 1 rings (SSSR count). The summed E-state index contributed by atoms with van der Waals surface area (Å²) in [5, 5.41) is 3.37. The molecule has 2 nitrogen and oxygen atoms in total. The van der Waals surface area contributed by atoms with E-state index in [9.17, 15) is 0 Å². The smallest absolute Gasteiger partial charge is 0.0348 e. The average Bonchev–Trinajstić information content (AvgIpc) is 2.09. The van der Waals surface area contributed by atoms with Gasteiger partial charge in [0.15, 0.2) is 0 Å². The first-order valence-corrected chi connectivity index (χ1v) is 5.31. The molecule has 0 unspecified atom stereocenters. The molecule has 0 bridgehead atoms. The van der Waals surface area contributed by atoms with E-state index in [0.29, 0.717) is 0 Å². The van der Waals surface area contributed by atoms with Crippen LogP contribution < -0.4 is 5.32 Å². The van der Waals surface area contributed by atoms with Crippen LogP contribution in [0.15, 0.2) is 0 Å². The highest BCUT2D eigenvalue weighted by atomic mass is 35.5. The fraction of sp³-hybridized carbons (Fsp3) is 1.00. The van der Waals surface area contributed by atoms with Gasteiger partial charge in [-0.25, -0.2) is 0 Å². The monoisotopic (exact) mass is 190 g/mol. The van der Waals surface area contributed by atoms with E-state index in [1.54, 1.807) is 0 Å². The second-order valence-electron chi connectivity index (χ2n) is 3.64. The van der Waals surface area contributed by atoms with E-state index in [-0.39, 0.29) is 0 Å². The van der Waals surface area contributed by atoms with Crippen molar-refractivity contribution in [2.45, 2.75) is 12.8 Å². The molecule has 0 saturated carbocycles. The Kier molecular flexibility index (Phi) is 4.96. The number of piperidine rings is 1. The number of rotatable bonds is 4. The standard InChI is InChI=1S/C9H19ClN2/c1-12-6-2-9(3-7-12)8-11-5-4-10/h9,11H,2-8H2,1H3. The van der Waals surface area contributed by atoms with Gasteiger partial charge in [0.05, 0.1) is 0 Å². The van der Waals surface area contributed by atoms with Crippen molar-refractivity contribution in [3.8, 4) is 0 Å². The van der Waals surface area contributed by atoms with Crippen molar-refractivity contribution in [2.24, 2.45) is 5.92 Å². The fourth-order valence-corrected chi connectivity index (χ4v) is 1.77. The molecule has 0 spiro atoms. The minimum Gasteiger partial charge on any atom is -0.315 e. The molecule has 3 heteroatoms. The topological polar surface area (TPSA) is 15.3 Å². The molecule has 0 aromatic heterocycles. The van der Waals surface area contributed by atoms with Crippen LogP contribution in [0.25, 0.3) is 0 Å². The lowest BCUT2D eigenvalue weighted by Gasteiger charge is -2.28. The highest BCUT2D eigenvalue weighted by Crippen LogP contribution is 2.14. The van der Waals surface area contributed by atoms with Gasteiger partial charge in [0.25, 0.3) is 0 Å². The van der Waals surface area contributed by atoms with Crippen LogP contribution in [0.3, 0.4) is 0 Å². The Hall–Kier alpha value is 0.210. The second-order valence-corrected chi connectivity index (χ2v) is 4.02. The van der Waals surface area contributed by atoms with Crippen molar-refractivity contribution >= 4 is 11.6 Å². The van der Waals surface area contributed by atoms with Crippen LogP contribution in [0.2, 0.25) is 0 Å². The van der Waals surface area contributed by atoms with Crippen LogP contribution in [0.5, 0.6) is 0 Å². The Balaban J connectivity index is 2.01. The molecule has 0 aromatic rings. The second kappa shape index (κ2) is 5.79. The molecule has 12 heavy (non-hydrogen) atoms. The summed E-state index contributed by atoms with van der Waals surface area (Å²) in [7, 11) is 2.20. The van der Waals surface area contributed by atoms with Crippen LogP contribution >= 0.6 is 11.6 Å². The summed E-state index contributed by atoms with van der Waals surface area (Å²) in [5.74, 6) is 1.61. The van der Waals surface area contributed by atoms with Crippen LogP contribution in [-0.2, 0) is 0 Å². The first-order valence-electron chi connectivity index (χ1n) is 4.78. The SMILES string of the molecule is CN1CCC(CNCCCl)CC1. The number of halogens is 1. The van der Waals surface area contributed by atoms with Crippen molar-refractivity contribution in [3.05, 3.63) is 0 Å². The van der Waals surface area contributed by atoms with Gasteiger partial charge in [-0.05, 0) is 45.4 Å². The van der Waals surface area contributed by atoms with Crippen LogP contribution in [0, 0.1) is 5.92 Å². The molecule has 1 heterocycles. The molecule has 0 aliphatic carbocycles. The summed E-state index contributed by atoms with van der Waals surface area (Å²) in [6.45, 7) is 4.62. The molecular weight excluding hydrogens is 172 g/mol. The molecule has 0 atom stereocenters. The van der Waals surface area contributed by atoms with Gasteiger partial charge in [0.2, 0.25) is 0 Å². The molecule has 1 aliphatic rings. The summed E-state index contributed by atoms with van der Waals surface area (Å²) in [6.07, 6.45) is 2.68. The van der Waals surface area contributed by atoms with Gasteiger partial charge in [0, 0.05) is 12.4 Å². The first kappa shape index (κ1) is 10.3. The van der Waals surface area contributed by atoms with Gasteiger partial charge in [0.1, 0.15) is 0 Å². The maximum Gasteiger partial charge on any atom is 0.0348 e. The molecule has 0 aromatic carbocycles. The summed E-state index contributed by atoms with van der Waals surface area (Å²) >= 11 is 5.57. The van der Waals surface area contributed by atoms with E-state index in [1.807, 2.05) is 0 Å². The lowest BCUT2D eigenvalue weighted by molar-refractivity contribution is 0.217. The number of hydrogen-bond acceptors (Lipinski definition) is 2. The summed E-state index contributed by atoms with van der Waals surface area (Å²) in [5.41, 5.74) is 0. The maximum atomic E-state index is 5.57. The fourth-order valence-electron chi connectivity index (χ4n) is 1.64. The third-order valence-electron chi connectivity index (χ3n) is 2.54. The van der Waals surface area contributed by atoms with Crippen molar-refractivity contribution in [2.75, 3.05) is 39.1 Å². The first-order chi connectivity index (χ1) is 5.83. The lowest BCUT2D eigenvalue weighted by atomic mass is 9.97. The molecule has 0 amide bonds. The van der Waals surface area contributed by atoms with E-state index < -0.39 is 0 Å². The maximum absolute atomic E-state index is 5.57. The zero-order valence-corrected chi connectivity index (χ0v) is 8.61. The molecule has 1 fully saturated rings. The average molecular weight is 191 g/mol. The van der Waals surface area contributed by atoms with Gasteiger partial charge in [-0.3, -0.25) is 0 Å². The largest absolute Gasteiger partial charge is 0.315 e.